The SMILES string of the molecule is OC[C@@H]1CCCN(C(=S)Nc2ccc(Oc3ccccc3)cc2)C1. The molecule has 1 heterocycles. The molecule has 0 spiro atoms. The third-order valence-electron chi connectivity index (χ3n) is 4.15. The summed E-state index contributed by atoms with van der Waals surface area (Å²) >= 11 is 5.50. The Labute approximate surface area is 148 Å². The first-order chi connectivity index (χ1) is 11.7. The van der Waals surface area contributed by atoms with Gasteiger partial charge in [-0.3, -0.25) is 0 Å². The summed E-state index contributed by atoms with van der Waals surface area (Å²) in [5, 5.41) is 13.3. The molecule has 0 bridgehead atoms. The number of rotatable bonds is 4. The van der Waals surface area contributed by atoms with E-state index >= 15 is 0 Å². The van der Waals surface area contributed by atoms with Gasteiger partial charge in [-0.1, -0.05) is 18.2 Å². The number of hydrogen-bond acceptors (Lipinski definition) is 3. The van der Waals surface area contributed by atoms with Gasteiger partial charge in [-0.15, -0.1) is 0 Å². The number of anilines is 1. The lowest BCUT2D eigenvalue weighted by atomic mass is 9.99. The third-order valence-corrected chi connectivity index (χ3v) is 4.51. The molecule has 126 valence electrons. The average molecular weight is 342 g/mol. The third kappa shape index (κ3) is 4.46. The van der Waals surface area contributed by atoms with Crippen LogP contribution in [-0.2, 0) is 0 Å². The maximum absolute atomic E-state index is 9.33. The second kappa shape index (κ2) is 8.13. The van der Waals surface area contributed by atoms with Crippen LogP contribution in [0, 0.1) is 5.92 Å². The summed E-state index contributed by atoms with van der Waals surface area (Å²) in [6.45, 7) is 1.99. The monoisotopic (exact) mass is 342 g/mol. The lowest BCUT2D eigenvalue weighted by molar-refractivity contribution is 0.162. The smallest absolute Gasteiger partial charge is 0.173 e. The van der Waals surface area contributed by atoms with Crippen molar-refractivity contribution in [3.8, 4) is 11.5 Å². The molecule has 2 aromatic carbocycles. The number of para-hydroxylation sites is 1. The molecule has 0 saturated carbocycles. The highest BCUT2D eigenvalue weighted by molar-refractivity contribution is 7.80. The first kappa shape index (κ1) is 16.7. The second-order valence-electron chi connectivity index (χ2n) is 6.01. The molecule has 1 saturated heterocycles. The Bertz CT molecular complexity index is 661. The zero-order chi connectivity index (χ0) is 16.8. The van der Waals surface area contributed by atoms with E-state index in [9.17, 15) is 5.11 Å². The molecule has 0 radical (unpaired) electrons. The lowest BCUT2D eigenvalue weighted by Gasteiger charge is -2.33. The van der Waals surface area contributed by atoms with E-state index in [1.54, 1.807) is 0 Å². The maximum Gasteiger partial charge on any atom is 0.173 e. The van der Waals surface area contributed by atoms with Gasteiger partial charge >= 0.3 is 0 Å². The number of benzene rings is 2. The molecule has 2 N–H and O–H groups in total. The quantitative estimate of drug-likeness (QED) is 0.826. The maximum atomic E-state index is 9.33. The van der Waals surface area contributed by atoms with Gasteiger partial charge in [0.25, 0.3) is 0 Å². The fraction of sp³-hybridized carbons (Fsp3) is 0.316. The predicted molar refractivity (Wildman–Crippen MR) is 101 cm³/mol. The number of nitrogens with one attached hydrogen (secondary N) is 1. The van der Waals surface area contributed by atoms with Crippen molar-refractivity contribution in [3.63, 3.8) is 0 Å². The minimum atomic E-state index is 0.227. The van der Waals surface area contributed by atoms with E-state index in [1.165, 1.54) is 0 Å². The molecule has 1 aliphatic rings. The zero-order valence-electron chi connectivity index (χ0n) is 13.5. The summed E-state index contributed by atoms with van der Waals surface area (Å²) < 4.78 is 5.78. The number of ether oxygens (including phenoxy) is 1. The minimum absolute atomic E-state index is 0.227. The molecule has 5 heteroatoms. The van der Waals surface area contributed by atoms with E-state index in [4.69, 9.17) is 17.0 Å². The zero-order valence-corrected chi connectivity index (χ0v) is 14.3. The van der Waals surface area contributed by atoms with E-state index in [0.29, 0.717) is 11.0 Å². The Hall–Kier alpha value is -2.11. The van der Waals surface area contributed by atoms with Gasteiger partial charge in [0.15, 0.2) is 5.11 Å². The molecule has 0 aromatic heterocycles. The number of likely N-dealkylation sites (tertiary alicyclic amines) is 1. The van der Waals surface area contributed by atoms with Crippen molar-refractivity contribution in [2.45, 2.75) is 12.8 Å². The van der Waals surface area contributed by atoms with Crippen LogP contribution >= 0.6 is 12.2 Å². The van der Waals surface area contributed by atoms with Gasteiger partial charge in [0, 0.05) is 25.4 Å². The molecule has 24 heavy (non-hydrogen) atoms. The Morgan fingerprint density at radius 2 is 1.83 bits per heavy atom. The standard InChI is InChI=1S/C19H22N2O2S/c22-14-15-5-4-12-21(13-15)19(24)20-16-8-10-18(11-9-16)23-17-6-2-1-3-7-17/h1-3,6-11,15,22H,4-5,12-14H2,(H,20,24)/t15-/m1/s1. The van der Waals surface area contributed by atoms with Crippen molar-refractivity contribution in [2.75, 3.05) is 25.0 Å². The number of piperidine rings is 1. The largest absolute Gasteiger partial charge is 0.457 e. The average Bonchev–Trinajstić information content (AvgIpc) is 2.64. The number of hydrogen-bond donors (Lipinski definition) is 2. The molecule has 0 amide bonds. The van der Waals surface area contributed by atoms with Crippen molar-refractivity contribution in [1.82, 2.24) is 4.90 Å². The Morgan fingerprint density at radius 1 is 1.12 bits per heavy atom. The van der Waals surface area contributed by atoms with Crippen molar-refractivity contribution in [3.05, 3.63) is 54.6 Å². The Morgan fingerprint density at radius 3 is 2.54 bits per heavy atom. The van der Waals surface area contributed by atoms with Crippen LogP contribution in [0.3, 0.4) is 0 Å². The molecule has 1 atom stereocenters. The molecule has 1 fully saturated rings. The van der Waals surface area contributed by atoms with Crippen molar-refractivity contribution < 1.29 is 9.84 Å². The second-order valence-corrected chi connectivity index (χ2v) is 6.39. The highest BCUT2D eigenvalue weighted by Crippen LogP contribution is 2.23. The molecular weight excluding hydrogens is 320 g/mol. The van der Waals surface area contributed by atoms with Crippen molar-refractivity contribution >= 4 is 23.0 Å². The summed E-state index contributed by atoms with van der Waals surface area (Å²) in [7, 11) is 0. The van der Waals surface area contributed by atoms with Gasteiger partial charge in [0.05, 0.1) is 0 Å². The van der Waals surface area contributed by atoms with Crippen LogP contribution in [0.15, 0.2) is 54.6 Å². The topological polar surface area (TPSA) is 44.7 Å². The summed E-state index contributed by atoms with van der Waals surface area (Å²) in [5.74, 6) is 1.92. The number of aliphatic hydroxyl groups excluding tert-OH is 1. The predicted octanol–water partition coefficient (Wildman–Crippen LogP) is 3.88. The Kier molecular flexibility index (Phi) is 5.67. The van der Waals surface area contributed by atoms with Crippen LogP contribution in [-0.4, -0.2) is 34.8 Å². The summed E-state index contributed by atoms with van der Waals surface area (Å²) in [6.07, 6.45) is 2.14. The number of nitrogens with zero attached hydrogens (tertiary/aromatic N) is 1. The number of thiocarbonyl (C=S) groups is 1. The van der Waals surface area contributed by atoms with Crippen molar-refractivity contribution in [2.24, 2.45) is 5.92 Å². The van der Waals surface area contributed by atoms with Gasteiger partial charge < -0.3 is 20.1 Å². The fourth-order valence-corrected chi connectivity index (χ4v) is 3.12. The molecule has 3 rings (SSSR count). The van der Waals surface area contributed by atoms with Gasteiger partial charge in [0.2, 0.25) is 0 Å². The minimum Gasteiger partial charge on any atom is -0.457 e. The van der Waals surface area contributed by atoms with E-state index < -0.39 is 0 Å². The molecule has 2 aromatic rings. The van der Waals surface area contributed by atoms with E-state index in [-0.39, 0.29) is 6.61 Å². The van der Waals surface area contributed by atoms with Crippen LogP contribution in [0.2, 0.25) is 0 Å². The van der Waals surface area contributed by atoms with Crippen LogP contribution in [0.5, 0.6) is 11.5 Å². The Balaban J connectivity index is 1.56. The van der Waals surface area contributed by atoms with E-state index in [2.05, 4.69) is 10.2 Å². The van der Waals surface area contributed by atoms with E-state index in [0.717, 1.165) is 43.1 Å². The fourth-order valence-electron chi connectivity index (χ4n) is 2.83. The first-order valence-electron chi connectivity index (χ1n) is 8.24. The van der Waals surface area contributed by atoms with Gasteiger partial charge in [-0.2, -0.15) is 0 Å². The molecule has 1 aliphatic heterocycles. The molecular formula is C19H22N2O2S. The van der Waals surface area contributed by atoms with Crippen molar-refractivity contribution in [1.29, 1.82) is 0 Å². The normalized spacial score (nSPS) is 17.4. The highest BCUT2D eigenvalue weighted by Gasteiger charge is 2.21. The van der Waals surface area contributed by atoms with E-state index in [1.807, 2.05) is 54.6 Å². The lowest BCUT2D eigenvalue weighted by Crippen LogP contribution is -2.43. The van der Waals surface area contributed by atoms with Crippen LogP contribution in [0.25, 0.3) is 0 Å². The van der Waals surface area contributed by atoms with Crippen LogP contribution < -0.4 is 10.1 Å². The number of aliphatic hydroxyl groups is 1. The van der Waals surface area contributed by atoms with Crippen LogP contribution in [0.1, 0.15) is 12.8 Å². The summed E-state index contributed by atoms with van der Waals surface area (Å²) in [6, 6.07) is 17.5. The first-order valence-corrected chi connectivity index (χ1v) is 8.65. The van der Waals surface area contributed by atoms with Crippen LogP contribution in [0.4, 0.5) is 5.69 Å². The van der Waals surface area contributed by atoms with Gasteiger partial charge in [0.1, 0.15) is 11.5 Å². The summed E-state index contributed by atoms with van der Waals surface area (Å²) in [5.41, 5.74) is 0.937. The van der Waals surface area contributed by atoms with Gasteiger partial charge in [-0.25, -0.2) is 0 Å². The van der Waals surface area contributed by atoms with Gasteiger partial charge in [-0.05, 0) is 67.4 Å². The molecule has 0 aliphatic carbocycles. The highest BCUT2D eigenvalue weighted by atomic mass is 32.1. The molecule has 4 nitrogen and oxygen atoms in total. The summed E-state index contributed by atoms with van der Waals surface area (Å²) in [4.78, 5) is 2.13. The molecule has 0 unspecified atom stereocenters.